The van der Waals surface area contributed by atoms with Crippen LogP contribution in [-0.4, -0.2) is 46.6 Å². The zero-order chi connectivity index (χ0) is 15.4. The van der Waals surface area contributed by atoms with Gasteiger partial charge in [0, 0.05) is 51.0 Å². The van der Waals surface area contributed by atoms with Gasteiger partial charge in [0.05, 0.1) is 6.61 Å². The lowest BCUT2D eigenvalue weighted by molar-refractivity contribution is -0.0347. The minimum atomic E-state index is -0.0525. The molecular formula is C16H21N5O. The van der Waals surface area contributed by atoms with Crippen LogP contribution in [-0.2, 0) is 11.3 Å². The highest BCUT2D eigenvalue weighted by molar-refractivity contribution is 5.40. The molecule has 1 N–H and O–H groups in total. The SMILES string of the molecule is CNc1nccnc1[C@H]1CN(Cc2ccc(C)nc2)CCO1. The van der Waals surface area contributed by atoms with Crippen molar-refractivity contribution in [3.63, 3.8) is 0 Å². The van der Waals surface area contributed by atoms with E-state index >= 15 is 0 Å². The van der Waals surface area contributed by atoms with E-state index in [1.54, 1.807) is 12.4 Å². The van der Waals surface area contributed by atoms with Crippen molar-refractivity contribution < 1.29 is 4.74 Å². The molecule has 0 unspecified atom stereocenters. The summed E-state index contributed by atoms with van der Waals surface area (Å²) < 4.78 is 5.89. The summed E-state index contributed by atoms with van der Waals surface area (Å²) in [6, 6.07) is 4.18. The Morgan fingerprint density at radius 3 is 2.91 bits per heavy atom. The van der Waals surface area contributed by atoms with Crippen molar-refractivity contribution in [2.45, 2.75) is 19.6 Å². The van der Waals surface area contributed by atoms with Gasteiger partial charge in [-0.15, -0.1) is 0 Å². The second-order valence-electron chi connectivity index (χ2n) is 5.44. The first-order valence-corrected chi connectivity index (χ1v) is 7.50. The Morgan fingerprint density at radius 1 is 1.27 bits per heavy atom. The van der Waals surface area contributed by atoms with E-state index in [4.69, 9.17) is 4.74 Å². The van der Waals surface area contributed by atoms with Crippen LogP contribution in [0.25, 0.3) is 0 Å². The molecule has 0 amide bonds. The van der Waals surface area contributed by atoms with E-state index in [0.29, 0.717) is 6.61 Å². The Hall–Kier alpha value is -2.05. The van der Waals surface area contributed by atoms with E-state index < -0.39 is 0 Å². The number of hydrogen-bond donors (Lipinski definition) is 1. The molecule has 116 valence electrons. The Labute approximate surface area is 130 Å². The predicted molar refractivity (Wildman–Crippen MR) is 84.5 cm³/mol. The van der Waals surface area contributed by atoms with Crippen LogP contribution in [0, 0.1) is 6.92 Å². The molecule has 1 fully saturated rings. The lowest BCUT2D eigenvalue weighted by Crippen LogP contribution is -2.38. The minimum absolute atomic E-state index is 0.0525. The molecule has 2 aromatic heterocycles. The molecule has 0 aliphatic carbocycles. The largest absolute Gasteiger partial charge is 0.372 e. The van der Waals surface area contributed by atoms with E-state index in [9.17, 15) is 0 Å². The average molecular weight is 299 g/mol. The molecule has 3 rings (SSSR count). The third kappa shape index (κ3) is 3.40. The molecule has 6 heteroatoms. The van der Waals surface area contributed by atoms with Crippen molar-refractivity contribution in [1.82, 2.24) is 19.9 Å². The van der Waals surface area contributed by atoms with Gasteiger partial charge in [0.1, 0.15) is 17.6 Å². The van der Waals surface area contributed by atoms with E-state index in [0.717, 1.165) is 36.8 Å². The Bertz CT molecular complexity index is 616. The second kappa shape index (κ2) is 6.81. The van der Waals surface area contributed by atoms with Crippen LogP contribution in [0.5, 0.6) is 0 Å². The molecule has 0 saturated carbocycles. The standard InChI is InChI=1S/C16H21N5O/c1-12-3-4-13(9-20-12)10-21-7-8-22-14(11-21)15-16(17-2)19-6-5-18-15/h3-6,9,14H,7-8,10-11H2,1-2H3,(H,17,19)/t14-/m1/s1. The van der Waals surface area contributed by atoms with Crippen molar-refractivity contribution in [3.8, 4) is 0 Å². The van der Waals surface area contributed by atoms with Crippen LogP contribution < -0.4 is 5.32 Å². The van der Waals surface area contributed by atoms with Gasteiger partial charge in [0.2, 0.25) is 0 Å². The number of ether oxygens (including phenoxy) is 1. The van der Waals surface area contributed by atoms with E-state index in [-0.39, 0.29) is 6.10 Å². The summed E-state index contributed by atoms with van der Waals surface area (Å²) in [4.78, 5) is 15.5. The summed E-state index contributed by atoms with van der Waals surface area (Å²) in [6.07, 6.45) is 5.29. The lowest BCUT2D eigenvalue weighted by Gasteiger charge is -2.33. The van der Waals surface area contributed by atoms with Gasteiger partial charge in [0.15, 0.2) is 0 Å². The number of aromatic nitrogens is 3. The second-order valence-corrected chi connectivity index (χ2v) is 5.44. The normalized spacial score (nSPS) is 19.1. The first kappa shape index (κ1) is 14.9. The third-order valence-corrected chi connectivity index (χ3v) is 3.80. The quantitative estimate of drug-likeness (QED) is 0.929. The number of aryl methyl sites for hydroxylation is 1. The van der Waals surface area contributed by atoms with Crippen LogP contribution in [0.15, 0.2) is 30.7 Å². The minimum Gasteiger partial charge on any atom is -0.372 e. The van der Waals surface area contributed by atoms with Crippen molar-refractivity contribution in [2.24, 2.45) is 0 Å². The molecule has 1 atom stereocenters. The van der Waals surface area contributed by atoms with Crippen LogP contribution in [0.1, 0.15) is 23.1 Å². The first-order valence-electron chi connectivity index (χ1n) is 7.50. The maximum atomic E-state index is 5.89. The molecule has 3 heterocycles. The van der Waals surface area contributed by atoms with Gasteiger partial charge in [-0.25, -0.2) is 4.98 Å². The third-order valence-electron chi connectivity index (χ3n) is 3.80. The highest BCUT2D eigenvalue weighted by Crippen LogP contribution is 2.25. The van der Waals surface area contributed by atoms with E-state index in [1.807, 2.05) is 20.2 Å². The number of nitrogens with zero attached hydrogens (tertiary/aromatic N) is 4. The highest BCUT2D eigenvalue weighted by atomic mass is 16.5. The molecule has 2 aromatic rings. The number of rotatable bonds is 4. The molecule has 0 aromatic carbocycles. The molecule has 1 aliphatic rings. The van der Waals surface area contributed by atoms with Crippen LogP contribution in [0.2, 0.25) is 0 Å². The van der Waals surface area contributed by atoms with Gasteiger partial charge in [-0.05, 0) is 18.6 Å². The first-order chi connectivity index (χ1) is 10.8. The maximum Gasteiger partial charge on any atom is 0.150 e. The molecule has 22 heavy (non-hydrogen) atoms. The van der Waals surface area contributed by atoms with Crippen molar-refractivity contribution in [3.05, 3.63) is 47.7 Å². The molecule has 0 radical (unpaired) electrons. The number of nitrogens with one attached hydrogen (secondary N) is 1. The van der Waals surface area contributed by atoms with Crippen molar-refractivity contribution >= 4 is 5.82 Å². The number of pyridine rings is 1. The molecule has 1 aliphatic heterocycles. The Morgan fingerprint density at radius 2 is 2.14 bits per heavy atom. The number of hydrogen-bond acceptors (Lipinski definition) is 6. The zero-order valence-corrected chi connectivity index (χ0v) is 13.0. The van der Waals surface area contributed by atoms with Gasteiger partial charge >= 0.3 is 0 Å². The summed E-state index contributed by atoms with van der Waals surface area (Å²) >= 11 is 0. The summed E-state index contributed by atoms with van der Waals surface area (Å²) in [6.45, 7) is 5.30. The van der Waals surface area contributed by atoms with Gasteiger partial charge in [-0.3, -0.25) is 14.9 Å². The van der Waals surface area contributed by atoms with Gasteiger partial charge in [-0.2, -0.15) is 0 Å². The van der Waals surface area contributed by atoms with Crippen molar-refractivity contribution in [2.75, 3.05) is 32.1 Å². The number of morpholine rings is 1. The fourth-order valence-electron chi connectivity index (χ4n) is 2.64. The predicted octanol–water partition coefficient (Wildman–Crippen LogP) is 1.80. The summed E-state index contributed by atoms with van der Waals surface area (Å²) in [7, 11) is 1.85. The topological polar surface area (TPSA) is 63.2 Å². The molecule has 0 spiro atoms. The van der Waals surface area contributed by atoms with Crippen molar-refractivity contribution in [1.29, 1.82) is 0 Å². The summed E-state index contributed by atoms with van der Waals surface area (Å²) in [5.41, 5.74) is 3.14. The van der Waals surface area contributed by atoms with E-state index in [2.05, 4.69) is 37.3 Å². The number of anilines is 1. The maximum absolute atomic E-state index is 5.89. The zero-order valence-electron chi connectivity index (χ0n) is 13.0. The molecule has 1 saturated heterocycles. The highest BCUT2D eigenvalue weighted by Gasteiger charge is 2.25. The van der Waals surface area contributed by atoms with E-state index in [1.165, 1.54) is 5.56 Å². The average Bonchev–Trinajstić information content (AvgIpc) is 2.57. The molecular weight excluding hydrogens is 278 g/mol. The summed E-state index contributed by atoms with van der Waals surface area (Å²) in [5, 5.41) is 3.08. The monoisotopic (exact) mass is 299 g/mol. The van der Waals surface area contributed by atoms with Crippen LogP contribution >= 0.6 is 0 Å². The fourth-order valence-corrected chi connectivity index (χ4v) is 2.64. The van der Waals surface area contributed by atoms with Gasteiger partial charge in [0.25, 0.3) is 0 Å². The fraction of sp³-hybridized carbons (Fsp3) is 0.438. The van der Waals surface area contributed by atoms with Crippen LogP contribution in [0.4, 0.5) is 5.82 Å². The lowest BCUT2D eigenvalue weighted by atomic mass is 10.1. The van der Waals surface area contributed by atoms with Gasteiger partial charge < -0.3 is 10.1 Å². The molecule has 6 nitrogen and oxygen atoms in total. The van der Waals surface area contributed by atoms with Gasteiger partial charge in [-0.1, -0.05) is 6.07 Å². The molecule has 0 bridgehead atoms. The Kier molecular flexibility index (Phi) is 4.60. The smallest absolute Gasteiger partial charge is 0.150 e. The summed E-state index contributed by atoms with van der Waals surface area (Å²) in [5.74, 6) is 0.784. The Balaban J connectivity index is 1.70. The van der Waals surface area contributed by atoms with Crippen LogP contribution in [0.3, 0.4) is 0 Å².